The van der Waals surface area contributed by atoms with Gasteiger partial charge in [-0.15, -0.1) is 0 Å². The van der Waals surface area contributed by atoms with Crippen LogP contribution in [0.1, 0.15) is 21.5 Å². The molecule has 0 aliphatic heterocycles. The summed E-state index contributed by atoms with van der Waals surface area (Å²) in [6.45, 7) is 6.59. The number of hydrogen-bond acceptors (Lipinski definition) is 1. The maximum atomic E-state index is 12.9. The molecule has 0 atom stereocenters. The first-order chi connectivity index (χ1) is 11.6. The smallest absolute Gasteiger partial charge is 0.193 e. The fourth-order valence-corrected chi connectivity index (χ4v) is 4.34. The molecule has 0 aliphatic carbocycles. The zero-order chi connectivity index (χ0) is 17.1. The minimum absolute atomic E-state index is 0.109. The monoisotopic (exact) mass is 329 g/mol. The van der Waals surface area contributed by atoms with Crippen LogP contribution in [0.15, 0.2) is 72.8 Å². The van der Waals surface area contributed by atoms with Crippen LogP contribution in [0.5, 0.6) is 0 Å². The first kappa shape index (κ1) is 16.4. The van der Waals surface area contributed by atoms with Crippen LogP contribution in [0.25, 0.3) is 11.1 Å². The first-order valence-electron chi connectivity index (χ1n) is 8.18. The normalized spacial score (nSPS) is 10.8. The number of carbonyl (C=O) groups is 1. The quantitative estimate of drug-likeness (QED) is 0.494. The van der Waals surface area contributed by atoms with Gasteiger partial charge in [0.1, 0.15) is 0 Å². The van der Waals surface area contributed by atoms with Crippen LogP contribution < -0.4 is 5.19 Å². The Morgan fingerprint density at radius 1 is 0.750 bits per heavy atom. The van der Waals surface area contributed by atoms with E-state index in [1.165, 1.54) is 10.8 Å². The van der Waals surface area contributed by atoms with Gasteiger partial charge in [0.05, 0.1) is 8.80 Å². The van der Waals surface area contributed by atoms with Gasteiger partial charge in [-0.25, -0.2) is 0 Å². The lowest BCUT2D eigenvalue weighted by Crippen LogP contribution is -2.27. The molecule has 0 aromatic heterocycles. The molecule has 2 heteroatoms. The Morgan fingerprint density at radius 3 is 2.00 bits per heavy atom. The molecular weight excluding hydrogens is 308 g/mol. The number of rotatable bonds is 4. The van der Waals surface area contributed by atoms with E-state index in [0.29, 0.717) is 0 Å². The van der Waals surface area contributed by atoms with E-state index in [9.17, 15) is 4.79 Å². The maximum absolute atomic E-state index is 12.9. The predicted molar refractivity (Wildman–Crippen MR) is 104 cm³/mol. The van der Waals surface area contributed by atoms with E-state index in [1.807, 2.05) is 54.6 Å². The van der Waals surface area contributed by atoms with Crippen LogP contribution in [0.3, 0.4) is 0 Å². The highest BCUT2D eigenvalue weighted by molar-refractivity contribution is 6.71. The molecule has 1 radical (unpaired) electrons. The summed E-state index contributed by atoms with van der Waals surface area (Å²) < 4.78 is 0. The van der Waals surface area contributed by atoms with Crippen LogP contribution in [-0.4, -0.2) is 14.6 Å². The fourth-order valence-electron chi connectivity index (χ4n) is 3.02. The zero-order valence-corrected chi connectivity index (χ0v) is 15.3. The Labute approximate surface area is 145 Å². The molecule has 3 aromatic carbocycles. The van der Waals surface area contributed by atoms with Gasteiger partial charge in [0, 0.05) is 11.1 Å². The molecule has 0 fully saturated rings. The predicted octanol–water partition coefficient (Wildman–Crippen LogP) is 4.85. The summed E-state index contributed by atoms with van der Waals surface area (Å²) in [4.78, 5) is 12.9. The summed E-state index contributed by atoms with van der Waals surface area (Å²) >= 11 is 0. The van der Waals surface area contributed by atoms with Crippen molar-refractivity contribution in [3.8, 4) is 11.1 Å². The molecule has 0 amide bonds. The fraction of sp³-hybridized carbons (Fsp3) is 0.136. The Bertz CT molecular complexity index is 849. The highest BCUT2D eigenvalue weighted by Crippen LogP contribution is 2.21. The first-order valence-corrected chi connectivity index (χ1v) is 10.7. The Balaban J connectivity index is 1.93. The Morgan fingerprint density at radius 2 is 1.38 bits per heavy atom. The molecule has 24 heavy (non-hydrogen) atoms. The minimum Gasteiger partial charge on any atom is -0.289 e. The third kappa shape index (κ3) is 3.24. The van der Waals surface area contributed by atoms with Gasteiger partial charge in [-0.1, -0.05) is 91.1 Å². The van der Waals surface area contributed by atoms with Gasteiger partial charge >= 0.3 is 0 Å². The second-order valence-electron chi connectivity index (χ2n) is 6.25. The summed E-state index contributed by atoms with van der Waals surface area (Å²) in [5, 5.41) is 1.34. The van der Waals surface area contributed by atoms with Crippen molar-refractivity contribution < 1.29 is 4.79 Å². The number of carbonyl (C=O) groups excluding carboxylic acids is 1. The van der Waals surface area contributed by atoms with E-state index in [0.717, 1.165) is 22.3 Å². The van der Waals surface area contributed by atoms with Gasteiger partial charge in [-0.05, 0) is 23.6 Å². The van der Waals surface area contributed by atoms with Crippen LogP contribution in [0.4, 0.5) is 0 Å². The average Bonchev–Trinajstić information content (AvgIpc) is 2.62. The van der Waals surface area contributed by atoms with Gasteiger partial charge < -0.3 is 0 Å². The molecule has 0 saturated heterocycles. The van der Waals surface area contributed by atoms with Crippen molar-refractivity contribution in [2.24, 2.45) is 0 Å². The molecule has 3 rings (SSSR count). The highest BCUT2D eigenvalue weighted by Gasteiger charge is 2.15. The molecule has 0 heterocycles. The number of hydrogen-bond donors (Lipinski definition) is 0. The van der Waals surface area contributed by atoms with E-state index < -0.39 is 8.80 Å². The highest BCUT2D eigenvalue weighted by atomic mass is 28.3. The molecule has 0 N–H and O–H groups in total. The van der Waals surface area contributed by atoms with Crippen LogP contribution >= 0.6 is 0 Å². The van der Waals surface area contributed by atoms with Crippen LogP contribution in [-0.2, 0) is 0 Å². The molecule has 3 aromatic rings. The summed E-state index contributed by atoms with van der Waals surface area (Å²) in [5.74, 6) is 0.109. The molecule has 119 valence electrons. The van der Waals surface area contributed by atoms with Crippen LogP contribution in [0.2, 0.25) is 13.1 Å². The SMILES string of the molecule is Cc1c(C(=O)c2ccc(-c3ccccc3)cc2)cccc1[Si](C)C. The lowest BCUT2D eigenvalue weighted by atomic mass is 9.97. The largest absolute Gasteiger partial charge is 0.289 e. The van der Waals surface area contributed by atoms with Crippen molar-refractivity contribution in [1.29, 1.82) is 0 Å². The van der Waals surface area contributed by atoms with Gasteiger partial charge in [0.25, 0.3) is 0 Å². The molecule has 0 saturated carbocycles. The molecule has 1 nitrogen and oxygen atoms in total. The van der Waals surface area contributed by atoms with Gasteiger partial charge in [-0.3, -0.25) is 4.79 Å². The average molecular weight is 329 g/mol. The summed E-state index contributed by atoms with van der Waals surface area (Å²) in [5.41, 5.74) is 5.00. The summed E-state index contributed by atoms with van der Waals surface area (Å²) in [6, 6.07) is 24.2. The summed E-state index contributed by atoms with van der Waals surface area (Å²) in [7, 11) is -0.573. The van der Waals surface area contributed by atoms with Crippen LogP contribution in [0, 0.1) is 6.92 Å². The van der Waals surface area contributed by atoms with E-state index in [-0.39, 0.29) is 5.78 Å². The van der Waals surface area contributed by atoms with E-state index in [4.69, 9.17) is 0 Å². The standard InChI is InChI=1S/C22H21OSi/c1-16-20(10-7-11-21(16)24(2)3)22(23)19-14-12-18(13-15-19)17-8-5-4-6-9-17/h4-15H,1-3H3. The van der Waals surface area contributed by atoms with Gasteiger partial charge in [0.2, 0.25) is 0 Å². The Kier molecular flexibility index (Phi) is 4.77. The minimum atomic E-state index is -0.573. The van der Waals surface area contributed by atoms with Crippen molar-refractivity contribution in [2.75, 3.05) is 0 Å². The molecule has 0 spiro atoms. The Hall–Kier alpha value is -2.45. The second-order valence-corrected chi connectivity index (χ2v) is 8.79. The van der Waals surface area contributed by atoms with Crippen molar-refractivity contribution in [2.45, 2.75) is 20.0 Å². The van der Waals surface area contributed by atoms with Crippen molar-refractivity contribution in [3.05, 3.63) is 89.5 Å². The second kappa shape index (κ2) is 6.98. The number of ketones is 1. The molecular formula is C22H21OSi. The number of benzene rings is 3. The topological polar surface area (TPSA) is 17.1 Å². The van der Waals surface area contributed by atoms with Crippen molar-refractivity contribution in [3.63, 3.8) is 0 Å². The summed E-state index contributed by atoms with van der Waals surface area (Å²) in [6.07, 6.45) is 0. The lowest BCUT2D eigenvalue weighted by molar-refractivity contribution is 0.103. The van der Waals surface area contributed by atoms with Crippen molar-refractivity contribution >= 4 is 19.8 Å². The third-order valence-electron chi connectivity index (χ3n) is 4.37. The van der Waals surface area contributed by atoms with E-state index in [2.05, 4.69) is 38.2 Å². The van der Waals surface area contributed by atoms with Gasteiger partial charge in [-0.2, -0.15) is 0 Å². The van der Waals surface area contributed by atoms with Gasteiger partial charge in [0.15, 0.2) is 5.78 Å². The maximum Gasteiger partial charge on any atom is 0.193 e. The zero-order valence-electron chi connectivity index (χ0n) is 14.3. The third-order valence-corrected chi connectivity index (χ3v) is 5.99. The molecule has 0 aliphatic rings. The van der Waals surface area contributed by atoms with Crippen molar-refractivity contribution in [1.82, 2.24) is 0 Å². The molecule has 0 bridgehead atoms. The lowest BCUT2D eigenvalue weighted by Gasteiger charge is -2.13. The van der Waals surface area contributed by atoms with E-state index in [1.54, 1.807) is 0 Å². The molecule has 0 unspecified atom stereocenters. The van der Waals surface area contributed by atoms with E-state index >= 15 is 0 Å².